The molecule has 112 valence electrons. The highest BCUT2D eigenvalue weighted by Gasteiger charge is 2.38. The van der Waals surface area contributed by atoms with Gasteiger partial charge < -0.3 is 0 Å². The molecule has 4 heteroatoms. The third-order valence-electron chi connectivity index (χ3n) is 3.85. The summed E-state index contributed by atoms with van der Waals surface area (Å²) in [5, 5.41) is 0. The SMILES string of the molecule is CCC(CSc1ccccc1)N1C(=O)c2ccccc2C1=O. The average Bonchev–Trinajstić information content (AvgIpc) is 2.82. The highest BCUT2D eigenvalue weighted by molar-refractivity contribution is 7.99. The number of amides is 2. The van der Waals surface area contributed by atoms with Crippen molar-refractivity contribution in [3.8, 4) is 0 Å². The van der Waals surface area contributed by atoms with E-state index in [9.17, 15) is 9.59 Å². The van der Waals surface area contributed by atoms with Gasteiger partial charge in [0, 0.05) is 16.7 Å². The molecule has 0 spiro atoms. The Hall–Kier alpha value is -2.07. The lowest BCUT2D eigenvalue weighted by molar-refractivity contribution is 0.0597. The van der Waals surface area contributed by atoms with Gasteiger partial charge in [-0.05, 0) is 30.7 Å². The molecule has 0 aromatic heterocycles. The quantitative estimate of drug-likeness (QED) is 0.621. The molecule has 0 radical (unpaired) electrons. The van der Waals surface area contributed by atoms with Crippen LogP contribution < -0.4 is 0 Å². The maximum Gasteiger partial charge on any atom is 0.261 e. The van der Waals surface area contributed by atoms with E-state index in [4.69, 9.17) is 0 Å². The number of hydrogen-bond donors (Lipinski definition) is 0. The summed E-state index contributed by atoms with van der Waals surface area (Å²) >= 11 is 1.68. The zero-order chi connectivity index (χ0) is 15.5. The largest absolute Gasteiger partial charge is 0.270 e. The first kappa shape index (κ1) is 14.9. The van der Waals surface area contributed by atoms with Gasteiger partial charge >= 0.3 is 0 Å². The second kappa shape index (κ2) is 6.36. The minimum absolute atomic E-state index is 0.0855. The molecule has 0 N–H and O–H groups in total. The van der Waals surface area contributed by atoms with Crippen molar-refractivity contribution in [1.29, 1.82) is 0 Å². The van der Waals surface area contributed by atoms with Gasteiger partial charge in [-0.1, -0.05) is 37.3 Å². The summed E-state index contributed by atoms with van der Waals surface area (Å²) < 4.78 is 0. The minimum atomic E-state index is -0.166. The first-order chi connectivity index (χ1) is 10.7. The van der Waals surface area contributed by atoms with Gasteiger partial charge in [0.25, 0.3) is 11.8 Å². The predicted octanol–water partition coefficient (Wildman–Crippen LogP) is 3.85. The predicted molar refractivity (Wildman–Crippen MR) is 88.2 cm³/mol. The van der Waals surface area contributed by atoms with E-state index in [-0.39, 0.29) is 17.9 Å². The van der Waals surface area contributed by atoms with Crippen molar-refractivity contribution in [2.24, 2.45) is 0 Å². The fraction of sp³-hybridized carbons (Fsp3) is 0.222. The van der Waals surface area contributed by atoms with E-state index in [1.165, 1.54) is 4.90 Å². The maximum atomic E-state index is 12.5. The van der Waals surface area contributed by atoms with Crippen LogP contribution in [-0.2, 0) is 0 Å². The summed E-state index contributed by atoms with van der Waals surface area (Å²) in [7, 11) is 0. The van der Waals surface area contributed by atoms with Gasteiger partial charge in [-0.25, -0.2) is 0 Å². The van der Waals surface area contributed by atoms with Crippen molar-refractivity contribution in [2.75, 3.05) is 5.75 Å². The zero-order valence-electron chi connectivity index (χ0n) is 12.4. The molecule has 0 saturated carbocycles. The van der Waals surface area contributed by atoms with E-state index in [1.54, 1.807) is 36.0 Å². The Kier molecular flexibility index (Phi) is 4.29. The van der Waals surface area contributed by atoms with Gasteiger partial charge in [0.2, 0.25) is 0 Å². The highest BCUT2D eigenvalue weighted by atomic mass is 32.2. The molecule has 3 nitrogen and oxygen atoms in total. The Morgan fingerprint density at radius 2 is 1.45 bits per heavy atom. The minimum Gasteiger partial charge on any atom is -0.270 e. The van der Waals surface area contributed by atoms with Crippen LogP contribution in [0.15, 0.2) is 59.5 Å². The lowest BCUT2D eigenvalue weighted by Crippen LogP contribution is -2.41. The van der Waals surface area contributed by atoms with Crippen molar-refractivity contribution < 1.29 is 9.59 Å². The summed E-state index contributed by atoms with van der Waals surface area (Å²) in [6.45, 7) is 2.01. The molecule has 2 aromatic rings. The van der Waals surface area contributed by atoms with E-state index in [1.807, 2.05) is 37.3 Å². The van der Waals surface area contributed by atoms with Crippen molar-refractivity contribution >= 4 is 23.6 Å². The monoisotopic (exact) mass is 311 g/mol. The third-order valence-corrected chi connectivity index (χ3v) is 5.00. The van der Waals surface area contributed by atoms with Crippen LogP contribution in [0, 0.1) is 0 Å². The molecule has 1 atom stereocenters. The fourth-order valence-corrected chi connectivity index (χ4v) is 3.74. The summed E-state index contributed by atoms with van der Waals surface area (Å²) in [6, 6.07) is 17.0. The van der Waals surface area contributed by atoms with Gasteiger partial charge in [-0.2, -0.15) is 0 Å². The summed E-state index contributed by atoms with van der Waals surface area (Å²) in [4.78, 5) is 27.6. The molecule has 1 heterocycles. The average molecular weight is 311 g/mol. The third kappa shape index (κ3) is 2.66. The molecule has 0 saturated heterocycles. The highest BCUT2D eigenvalue weighted by Crippen LogP contribution is 2.28. The van der Waals surface area contributed by atoms with E-state index < -0.39 is 0 Å². The molecule has 0 fully saturated rings. The smallest absolute Gasteiger partial charge is 0.261 e. The van der Waals surface area contributed by atoms with E-state index in [2.05, 4.69) is 0 Å². The summed E-state index contributed by atoms with van der Waals surface area (Å²) in [5.74, 6) is 0.383. The van der Waals surface area contributed by atoms with Gasteiger partial charge in [0.1, 0.15) is 0 Å². The number of carbonyl (C=O) groups is 2. The van der Waals surface area contributed by atoms with Gasteiger partial charge in [-0.3, -0.25) is 14.5 Å². The topological polar surface area (TPSA) is 37.4 Å². The Morgan fingerprint density at radius 1 is 0.909 bits per heavy atom. The van der Waals surface area contributed by atoms with E-state index in [0.29, 0.717) is 16.9 Å². The van der Waals surface area contributed by atoms with Crippen LogP contribution in [-0.4, -0.2) is 28.5 Å². The lowest BCUT2D eigenvalue weighted by atomic mass is 10.1. The van der Waals surface area contributed by atoms with Crippen LogP contribution in [0.2, 0.25) is 0 Å². The van der Waals surface area contributed by atoms with Gasteiger partial charge in [0.15, 0.2) is 0 Å². The van der Waals surface area contributed by atoms with Crippen LogP contribution >= 0.6 is 11.8 Å². The Bertz CT molecular complexity index is 664. The van der Waals surface area contributed by atoms with Crippen molar-refractivity contribution in [2.45, 2.75) is 24.3 Å². The van der Waals surface area contributed by atoms with E-state index in [0.717, 1.165) is 11.3 Å². The van der Waals surface area contributed by atoms with Crippen LogP contribution in [0.4, 0.5) is 0 Å². The number of carbonyl (C=O) groups excluding carboxylic acids is 2. The zero-order valence-corrected chi connectivity index (χ0v) is 13.2. The van der Waals surface area contributed by atoms with Gasteiger partial charge in [0.05, 0.1) is 11.1 Å². The molecule has 22 heavy (non-hydrogen) atoms. The number of hydrogen-bond acceptors (Lipinski definition) is 3. The number of thioether (sulfide) groups is 1. The molecule has 0 aliphatic carbocycles. The molecule has 3 rings (SSSR count). The molecular weight excluding hydrogens is 294 g/mol. The number of benzene rings is 2. The van der Waals surface area contributed by atoms with Crippen molar-refractivity contribution in [1.82, 2.24) is 4.90 Å². The number of nitrogens with zero attached hydrogens (tertiary/aromatic N) is 1. The Labute approximate surface area is 134 Å². The summed E-state index contributed by atoms with van der Waals surface area (Å²) in [5.41, 5.74) is 1.05. The van der Waals surface area contributed by atoms with Crippen molar-refractivity contribution in [3.63, 3.8) is 0 Å². The standard InChI is InChI=1S/C18H17NO2S/c1-2-13(12-22-14-8-4-3-5-9-14)19-17(20)15-10-6-7-11-16(15)18(19)21/h3-11,13H,2,12H2,1H3. The molecule has 1 aliphatic heterocycles. The van der Waals surface area contributed by atoms with Crippen LogP contribution in [0.5, 0.6) is 0 Å². The van der Waals surface area contributed by atoms with E-state index >= 15 is 0 Å². The maximum absolute atomic E-state index is 12.5. The molecule has 2 amide bonds. The second-order valence-corrected chi connectivity index (χ2v) is 6.31. The Balaban J connectivity index is 1.77. The lowest BCUT2D eigenvalue weighted by Gasteiger charge is -2.24. The first-order valence-corrected chi connectivity index (χ1v) is 8.35. The fourth-order valence-electron chi connectivity index (χ4n) is 2.62. The van der Waals surface area contributed by atoms with Crippen LogP contribution in [0.25, 0.3) is 0 Å². The number of fused-ring (bicyclic) bond motifs is 1. The van der Waals surface area contributed by atoms with Crippen molar-refractivity contribution in [3.05, 3.63) is 65.7 Å². The van der Waals surface area contributed by atoms with Crippen LogP contribution in [0.3, 0.4) is 0 Å². The number of rotatable bonds is 5. The van der Waals surface area contributed by atoms with Crippen LogP contribution in [0.1, 0.15) is 34.1 Å². The number of imide groups is 1. The molecule has 1 aliphatic rings. The molecular formula is C18H17NO2S. The van der Waals surface area contributed by atoms with Gasteiger partial charge in [-0.15, -0.1) is 11.8 Å². The molecule has 1 unspecified atom stereocenters. The second-order valence-electron chi connectivity index (χ2n) is 5.21. The summed E-state index contributed by atoms with van der Waals surface area (Å²) in [6.07, 6.45) is 0.755. The first-order valence-electron chi connectivity index (χ1n) is 7.37. The normalized spacial score (nSPS) is 15.0. The molecule has 2 aromatic carbocycles. The Morgan fingerprint density at radius 3 is 2.00 bits per heavy atom. The molecule has 0 bridgehead atoms.